The molecule has 1 heterocycles. The van der Waals surface area contributed by atoms with Gasteiger partial charge in [-0.3, -0.25) is 19.2 Å². The van der Waals surface area contributed by atoms with Crippen molar-refractivity contribution >= 4 is 29.5 Å². The molecule has 0 bridgehead atoms. The van der Waals surface area contributed by atoms with Crippen LogP contribution in [0.1, 0.15) is 98.8 Å². The van der Waals surface area contributed by atoms with Gasteiger partial charge in [-0.25, -0.2) is 4.79 Å². The van der Waals surface area contributed by atoms with Gasteiger partial charge >= 0.3 is 6.03 Å². The number of nitrogens with zero attached hydrogens (tertiary/aromatic N) is 1. The van der Waals surface area contributed by atoms with Crippen LogP contribution in [0.3, 0.4) is 0 Å². The van der Waals surface area contributed by atoms with Gasteiger partial charge in [0.2, 0.25) is 17.6 Å². The van der Waals surface area contributed by atoms with E-state index in [2.05, 4.69) is 16.0 Å². The molecule has 3 rings (SSSR count). The zero-order chi connectivity index (χ0) is 28.9. The van der Waals surface area contributed by atoms with Crippen molar-refractivity contribution in [3.8, 4) is 0 Å². The number of carbonyl (C=O) groups excluding carboxylic acids is 5. The number of Topliss-reactive ketones (excluding diaryl/α,β-unsaturated/α-hetero) is 1. The predicted molar refractivity (Wildman–Crippen MR) is 148 cm³/mol. The van der Waals surface area contributed by atoms with Crippen LogP contribution in [0.25, 0.3) is 0 Å². The maximum Gasteiger partial charge on any atom is 0.315 e. The van der Waals surface area contributed by atoms with Crippen LogP contribution in [0, 0.1) is 23.7 Å². The first-order chi connectivity index (χ1) is 18.3. The standard InChI is InChI=1S/C29H49N5O5/c1-17(2)20-14-15-34(23(20)26(37)31-21(24(35)25(30)36)16-18-10-9-11-18)27(38)22(19-12-7-6-8-13-19)32-28(39)33-29(3,4)5/h17-23H,6-16H2,1-5H3,(H2,30,36)(H,31,37)(H2,32,33,39)/t20-,21?,22+,23+/m1/s1. The molecule has 39 heavy (non-hydrogen) atoms. The van der Waals surface area contributed by atoms with Gasteiger partial charge in [-0.2, -0.15) is 0 Å². The van der Waals surface area contributed by atoms with E-state index in [1.54, 1.807) is 4.90 Å². The fraction of sp³-hybridized carbons (Fsp3) is 0.828. The molecule has 2 aliphatic carbocycles. The van der Waals surface area contributed by atoms with E-state index in [0.717, 1.165) is 51.4 Å². The molecule has 10 nitrogen and oxygen atoms in total. The summed E-state index contributed by atoms with van der Waals surface area (Å²) >= 11 is 0. The molecule has 1 aliphatic heterocycles. The minimum Gasteiger partial charge on any atom is -0.363 e. The van der Waals surface area contributed by atoms with E-state index < -0.39 is 47.3 Å². The molecule has 2 saturated carbocycles. The first-order valence-corrected chi connectivity index (χ1v) is 14.8. The number of rotatable bonds is 10. The van der Waals surface area contributed by atoms with Crippen molar-refractivity contribution in [2.45, 2.75) is 122 Å². The second-order valence-electron chi connectivity index (χ2n) is 13.2. The summed E-state index contributed by atoms with van der Waals surface area (Å²) in [6, 6.07) is -2.93. The lowest BCUT2D eigenvalue weighted by molar-refractivity contribution is -0.144. The summed E-state index contributed by atoms with van der Waals surface area (Å²) in [5, 5.41) is 8.66. The molecule has 220 valence electrons. The summed E-state index contributed by atoms with van der Waals surface area (Å²) in [4.78, 5) is 66.8. The van der Waals surface area contributed by atoms with E-state index in [4.69, 9.17) is 5.73 Å². The fourth-order valence-electron chi connectivity index (χ4n) is 6.36. The number of hydrogen-bond acceptors (Lipinski definition) is 5. The Labute approximate surface area is 232 Å². The van der Waals surface area contributed by atoms with Crippen molar-refractivity contribution in [2.75, 3.05) is 6.54 Å². The highest BCUT2D eigenvalue weighted by Crippen LogP contribution is 2.35. The summed E-state index contributed by atoms with van der Waals surface area (Å²) in [7, 11) is 0. The third-order valence-electron chi connectivity index (χ3n) is 8.68. The Morgan fingerprint density at radius 1 is 0.897 bits per heavy atom. The quantitative estimate of drug-likeness (QED) is 0.310. The molecule has 0 aromatic rings. The maximum absolute atomic E-state index is 14.2. The van der Waals surface area contributed by atoms with Crippen LogP contribution in [0.4, 0.5) is 4.79 Å². The van der Waals surface area contributed by atoms with E-state index in [1.165, 1.54) is 0 Å². The van der Waals surface area contributed by atoms with Crippen molar-refractivity contribution in [1.29, 1.82) is 0 Å². The number of carbonyl (C=O) groups is 5. The number of nitrogens with two attached hydrogens (primary N) is 1. The Morgan fingerprint density at radius 3 is 2.05 bits per heavy atom. The van der Waals surface area contributed by atoms with Crippen molar-refractivity contribution in [3.05, 3.63) is 0 Å². The predicted octanol–water partition coefficient (Wildman–Crippen LogP) is 2.64. The van der Waals surface area contributed by atoms with Crippen LogP contribution in [-0.4, -0.2) is 64.6 Å². The number of primary amides is 1. The molecule has 0 aromatic heterocycles. The zero-order valence-corrected chi connectivity index (χ0v) is 24.4. The minimum absolute atomic E-state index is 0.0124. The molecule has 3 fully saturated rings. The van der Waals surface area contributed by atoms with Gasteiger partial charge in [0.05, 0.1) is 6.04 Å². The summed E-state index contributed by atoms with van der Waals surface area (Å²) in [6.45, 7) is 10.1. The van der Waals surface area contributed by atoms with Gasteiger partial charge in [0.15, 0.2) is 0 Å². The molecule has 0 spiro atoms. The zero-order valence-electron chi connectivity index (χ0n) is 24.4. The number of nitrogens with one attached hydrogen (secondary N) is 3. The maximum atomic E-state index is 14.2. The van der Waals surface area contributed by atoms with Gasteiger partial charge in [0, 0.05) is 12.1 Å². The Hall–Kier alpha value is -2.65. The van der Waals surface area contributed by atoms with Gasteiger partial charge in [-0.15, -0.1) is 0 Å². The largest absolute Gasteiger partial charge is 0.363 e. The fourth-order valence-corrected chi connectivity index (χ4v) is 6.36. The highest BCUT2D eigenvalue weighted by molar-refractivity contribution is 6.37. The van der Waals surface area contributed by atoms with Gasteiger partial charge in [0.1, 0.15) is 12.1 Å². The minimum atomic E-state index is -1.06. The summed E-state index contributed by atoms with van der Waals surface area (Å²) in [5.74, 6) is -2.30. The lowest BCUT2D eigenvalue weighted by atomic mass is 9.80. The lowest BCUT2D eigenvalue weighted by Gasteiger charge is -2.37. The summed E-state index contributed by atoms with van der Waals surface area (Å²) in [6.07, 6.45) is 8.74. The van der Waals surface area contributed by atoms with Crippen LogP contribution < -0.4 is 21.7 Å². The van der Waals surface area contributed by atoms with Crippen LogP contribution in [-0.2, 0) is 19.2 Å². The number of amides is 5. The smallest absolute Gasteiger partial charge is 0.315 e. The normalized spacial score (nSPS) is 24.0. The van der Waals surface area contributed by atoms with Crippen molar-refractivity contribution < 1.29 is 24.0 Å². The molecule has 3 aliphatic rings. The molecule has 1 saturated heterocycles. The van der Waals surface area contributed by atoms with E-state index >= 15 is 0 Å². The Morgan fingerprint density at radius 2 is 1.54 bits per heavy atom. The monoisotopic (exact) mass is 547 g/mol. The third-order valence-corrected chi connectivity index (χ3v) is 8.68. The first kappa shape index (κ1) is 30.9. The lowest BCUT2D eigenvalue weighted by Crippen LogP contribution is -2.61. The van der Waals surface area contributed by atoms with E-state index in [1.807, 2.05) is 34.6 Å². The van der Waals surface area contributed by atoms with Crippen LogP contribution >= 0.6 is 0 Å². The van der Waals surface area contributed by atoms with E-state index in [-0.39, 0.29) is 29.6 Å². The van der Waals surface area contributed by atoms with Gasteiger partial charge in [-0.1, -0.05) is 52.4 Å². The molecular weight excluding hydrogens is 498 g/mol. The highest BCUT2D eigenvalue weighted by atomic mass is 16.2. The average Bonchev–Trinajstić information content (AvgIpc) is 3.28. The molecule has 1 unspecified atom stereocenters. The molecule has 0 radical (unpaired) electrons. The number of urea groups is 1. The Bertz CT molecular complexity index is 920. The number of likely N-dealkylation sites (tertiary alicyclic amines) is 1. The first-order valence-electron chi connectivity index (χ1n) is 14.8. The molecular formula is C29H49N5O5. The van der Waals surface area contributed by atoms with Crippen LogP contribution in [0.15, 0.2) is 0 Å². The Balaban J connectivity index is 1.85. The van der Waals surface area contributed by atoms with E-state index in [9.17, 15) is 24.0 Å². The van der Waals surface area contributed by atoms with Crippen molar-refractivity contribution in [2.24, 2.45) is 29.4 Å². The second-order valence-corrected chi connectivity index (χ2v) is 13.2. The molecule has 5 N–H and O–H groups in total. The van der Waals surface area contributed by atoms with Gasteiger partial charge < -0.3 is 26.6 Å². The van der Waals surface area contributed by atoms with Gasteiger partial charge in [0.25, 0.3) is 5.91 Å². The topological polar surface area (TPSA) is 151 Å². The van der Waals surface area contributed by atoms with Crippen molar-refractivity contribution in [1.82, 2.24) is 20.9 Å². The molecule has 5 amide bonds. The Kier molecular flexibility index (Phi) is 10.4. The van der Waals surface area contributed by atoms with E-state index in [0.29, 0.717) is 19.4 Å². The van der Waals surface area contributed by atoms with Crippen LogP contribution in [0.2, 0.25) is 0 Å². The third kappa shape index (κ3) is 8.18. The second kappa shape index (κ2) is 13.1. The van der Waals surface area contributed by atoms with Crippen molar-refractivity contribution in [3.63, 3.8) is 0 Å². The summed E-state index contributed by atoms with van der Waals surface area (Å²) in [5.41, 5.74) is 4.85. The average molecular weight is 548 g/mol. The number of hydrogen-bond donors (Lipinski definition) is 4. The van der Waals surface area contributed by atoms with Crippen LogP contribution in [0.5, 0.6) is 0 Å². The summed E-state index contributed by atoms with van der Waals surface area (Å²) < 4.78 is 0. The molecule has 4 atom stereocenters. The van der Waals surface area contributed by atoms with Gasteiger partial charge in [-0.05, 0) is 70.1 Å². The molecule has 10 heteroatoms. The number of ketones is 1. The molecule has 0 aromatic carbocycles. The highest BCUT2D eigenvalue weighted by Gasteiger charge is 2.47. The SMILES string of the molecule is CC(C)[C@H]1CCN(C(=O)[C@@H](NC(=O)NC(C)(C)C)C2CCCCC2)[C@@H]1C(=O)NC(CC1CCC1)C(=O)C(N)=O.